The van der Waals surface area contributed by atoms with Crippen LogP contribution in [0.3, 0.4) is 0 Å². The molecule has 0 radical (unpaired) electrons. The molecular formula is C22H27FIN5O. The van der Waals surface area contributed by atoms with Gasteiger partial charge in [-0.3, -0.25) is 9.79 Å². The average molecular weight is 523 g/mol. The van der Waals surface area contributed by atoms with Gasteiger partial charge in [-0.2, -0.15) is 0 Å². The first-order valence-corrected chi connectivity index (χ1v) is 9.62. The molecule has 3 rings (SSSR count). The third kappa shape index (κ3) is 6.19. The number of hydrogen-bond acceptors (Lipinski definition) is 2. The normalized spacial score (nSPS) is 11.1. The number of fused-ring (bicyclic) bond motifs is 1. The lowest BCUT2D eigenvalue weighted by Gasteiger charge is -2.12. The molecule has 0 spiro atoms. The first-order chi connectivity index (χ1) is 14.1. The van der Waals surface area contributed by atoms with Crippen molar-refractivity contribution in [1.29, 1.82) is 0 Å². The summed E-state index contributed by atoms with van der Waals surface area (Å²) in [5.74, 6) is -0.0102. The lowest BCUT2D eigenvalue weighted by atomic mass is 10.1. The van der Waals surface area contributed by atoms with Crippen LogP contribution in [0.5, 0.6) is 0 Å². The summed E-state index contributed by atoms with van der Waals surface area (Å²) in [6.07, 6.45) is 2.90. The summed E-state index contributed by atoms with van der Waals surface area (Å²) in [6.45, 7) is 3.30. The summed E-state index contributed by atoms with van der Waals surface area (Å²) < 4.78 is 13.6. The largest absolute Gasteiger partial charge is 0.361 e. The molecule has 1 amide bonds. The van der Waals surface area contributed by atoms with Gasteiger partial charge in [0.1, 0.15) is 5.82 Å². The van der Waals surface area contributed by atoms with Crippen LogP contribution in [0.15, 0.2) is 53.7 Å². The molecule has 30 heavy (non-hydrogen) atoms. The van der Waals surface area contributed by atoms with Gasteiger partial charge in [0.05, 0.1) is 0 Å². The summed E-state index contributed by atoms with van der Waals surface area (Å²) in [5, 5.41) is 10.4. The molecule has 3 aromatic rings. The predicted octanol–water partition coefficient (Wildman–Crippen LogP) is 3.37. The molecule has 8 heteroatoms. The maximum atomic E-state index is 13.6. The molecule has 1 heterocycles. The highest BCUT2D eigenvalue weighted by Gasteiger charge is 2.08. The molecule has 4 N–H and O–H groups in total. The summed E-state index contributed by atoms with van der Waals surface area (Å²) in [6, 6.07) is 12.7. The Hall–Kier alpha value is -2.62. The van der Waals surface area contributed by atoms with E-state index < -0.39 is 0 Å². The fourth-order valence-corrected chi connectivity index (χ4v) is 3.07. The van der Waals surface area contributed by atoms with Crippen molar-refractivity contribution in [2.45, 2.75) is 13.3 Å². The van der Waals surface area contributed by atoms with Crippen molar-refractivity contribution < 1.29 is 9.18 Å². The van der Waals surface area contributed by atoms with Crippen LogP contribution in [-0.2, 0) is 6.42 Å². The van der Waals surface area contributed by atoms with Crippen molar-refractivity contribution in [3.05, 3.63) is 71.2 Å². The molecule has 0 fully saturated rings. The van der Waals surface area contributed by atoms with Crippen LogP contribution in [0.25, 0.3) is 10.9 Å². The third-order valence-electron chi connectivity index (χ3n) is 4.72. The SMILES string of the molecule is CN=C(NCCNC(=O)c1ccc(C)c(F)c1)NCCc1c[nH]c2ccccc12.I. The molecule has 2 aromatic carbocycles. The van der Waals surface area contributed by atoms with E-state index in [4.69, 9.17) is 0 Å². The Morgan fingerprint density at radius 3 is 2.57 bits per heavy atom. The molecule has 1 aromatic heterocycles. The quantitative estimate of drug-likeness (QED) is 0.166. The van der Waals surface area contributed by atoms with E-state index in [-0.39, 0.29) is 35.7 Å². The number of nitrogens with one attached hydrogen (secondary N) is 4. The Morgan fingerprint density at radius 2 is 1.80 bits per heavy atom. The molecule has 0 bridgehead atoms. The molecule has 0 aliphatic rings. The number of guanidine groups is 1. The van der Waals surface area contributed by atoms with Crippen LogP contribution >= 0.6 is 24.0 Å². The lowest BCUT2D eigenvalue weighted by Crippen LogP contribution is -2.42. The summed E-state index contributed by atoms with van der Waals surface area (Å²) >= 11 is 0. The number of para-hydroxylation sites is 1. The first kappa shape index (κ1) is 23.7. The minimum atomic E-state index is -0.379. The van der Waals surface area contributed by atoms with Gasteiger partial charge in [0.25, 0.3) is 5.91 Å². The monoisotopic (exact) mass is 523 g/mol. The van der Waals surface area contributed by atoms with Crippen LogP contribution in [-0.4, -0.2) is 43.5 Å². The standard InChI is InChI=1S/C22H26FN5O.HI/c1-15-7-8-16(13-19(15)23)21(29)25-11-12-27-22(24-2)26-10-9-17-14-28-20-6-4-3-5-18(17)20;/h3-8,13-14,28H,9-12H2,1-2H3,(H,25,29)(H2,24,26,27);1H. The van der Waals surface area contributed by atoms with Gasteiger partial charge in [-0.05, 0) is 42.7 Å². The second-order valence-corrected chi connectivity index (χ2v) is 6.76. The Bertz CT molecular complexity index is 1020. The first-order valence-electron chi connectivity index (χ1n) is 9.62. The minimum absolute atomic E-state index is 0. The molecule has 0 aliphatic carbocycles. The molecule has 0 saturated carbocycles. The van der Waals surface area contributed by atoms with Crippen molar-refractivity contribution in [2.75, 3.05) is 26.7 Å². The summed E-state index contributed by atoms with van der Waals surface area (Å²) in [7, 11) is 1.70. The van der Waals surface area contributed by atoms with Gasteiger partial charge < -0.3 is 20.9 Å². The van der Waals surface area contributed by atoms with E-state index in [0.717, 1.165) is 18.5 Å². The van der Waals surface area contributed by atoms with Gasteiger partial charge in [0.2, 0.25) is 0 Å². The van der Waals surface area contributed by atoms with Gasteiger partial charge in [-0.1, -0.05) is 24.3 Å². The summed E-state index contributed by atoms with van der Waals surface area (Å²) in [4.78, 5) is 19.5. The zero-order valence-electron chi connectivity index (χ0n) is 17.1. The topological polar surface area (TPSA) is 81.3 Å². The number of aryl methyl sites for hydroxylation is 1. The van der Waals surface area contributed by atoms with Crippen molar-refractivity contribution in [3.63, 3.8) is 0 Å². The average Bonchev–Trinajstić information content (AvgIpc) is 3.14. The van der Waals surface area contributed by atoms with Crippen LogP contribution in [0.4, 0.5) is 4.39 Å². The number of H-pyrrole nitrogens is 1. The Balaban J connectivity index is 0.00000320. The number of carbonyl (C=O) groups excluding carboxylic acids is 1. The van der Waals surface area contributed by atoms with E-state index in [0.29, 0.717) is 30.2 Å². The van der Waals surface area contributed by atoms with Crippen molar-refractivity contribution in [1.82, 2.24) is 20.9 Å². The minimum Gasteiger partial charge on any atom is -0.361 e. The molecule has 0 unspecified atom stereocenters. The Morgan fingerprint density at radius 1 is 1.07 bits per heavy atom. The second-order valence-electron chi connectivity index (χ2n) is 6.76. The Kier molecular flexibility index (Phi) is 9.10. The van der Waals surface area contributed by atoms with Crippen molar-refractivity contribution >= 4 is 46.7 Å². The number of aromatic nitrogens is 1. The van der Waals surface area contributed by atoms with E-state index in [1.54, 1.807) is 26.1 Å². The number of benzene rings is 2. The van der Waals surface area contributed by atoms with E-state index in [9.17, 15) is 9.18 Å². The van der Waals surface area contributed by atoms with E-state index in [2.05, 4.69) is 38.1 Å². The molecule has 160 valence electrons. The molecule has 0 atom stereocenters. The van der Waals surface area contributed by atoms with E-state index in [1.165, 1.54) is 17.0 Å². The van der Waals surface area contributed by atoms with Crippen LogP contribution in [0, 0.1) is 12.7 Å². The van der Waals surface area contributed by atoms with Gasteiger partial charge in [0.15, 0.2) is 5.96 Å². The van der Waals surface area contributed by atoms with Gasteiger partial charge in [-0.25, -0.2) is 4.39 Å². The number of aromatic amines is 1. The maximum absolute atomic E-state index is 13.6. The van der Waals surface area contributed by atoms with Gasteiger partial charge >= 0.3 is 0 Å². The number of hydrogen-bond donors (Lipinski definition) is 4. The van der Waals surface area contributed by atoms with Crippen molar-refractivity contribution in [3.8, 4) is 0 Å². The fourth-order valence-electron chi connectivity index (χ4n) is 3.07. The molecule has 6 nitrogen and oxygen atoms in total. The molecule has 0 saturated heterocycles. The van der Waals surface area contributed by atoms with Gasteiger partial charge in [0, 0.05) is 49.3 Å². The van der Waals surface area contributed by atoms with Crippen LogP contribution in [0.1, 0.15) is 21.5 Å². The zero-order chi connectivity index (χ0) is 20.6. The third-order valence-corrected chi connectivity index (χ3v) is 4.72. The highest BCUT2D eigenvalue weighted by atomic mass is 127. The maximum Gasteiger partial charge on any atom is 0.251 e. The fraction of sp³-hybridized carbons (Fsp3) is 0.273. The van der Waals surface area contributed by atoms with E-state index >= 15 is 0 Å². The molecule has 0 aliphatic heterocycles. The van der Waals surface area contributed by atoms with Crippen LogP contribution < -0.4 is 16.0 Å². The van der Waals surface area contributed by atoms with Crippen LogP contribution in [0.2, 0.25) is 0 Å². The number of halogens is 2. The Labute approximate surface area is 192 Å². The lowest BCUT2D eigenvalue weighted by molar-refractivity contribution is 0.0954. The smallest absolute Gasteiger partial charge is 0.251 e. The zero-order valence-corrected chi connectivity index (χ0v) is 19.4. The highest BCUT2D eigenvalue weighted by Crippen LogP contribution is 2.17. The highest BCUT2D eigenvalue weighted by molar-refractivity contribution is 14.0. The number of amides is 1. The number of rotatable bonds is 7. The predicted molar refractivity (Wildman–Crippen MR) is 130 cm³/mol. The van der Waals surface area contributed by atoms with Crippen molar-refractivity contribution in [2.24, 2.45) is 4.99 Å². The van der Waals surface area contributed by atoms with E-state index in [1.807, 2.05) is 18.3 Å². The van der Waals surface area contributed by atoms with Gasteiger partial charge in [-0.15, -0.1) is 24.0 Å². The second kappa shape index (κ2) is 11.5. The summed E-state index contributed by atoms with van der Waals surface area (Å²) in [5.41, 5.74) is 3.22. The number of carbonyl (C=O) groups is 1. The molecular weight excluding hydrogens is 496 g/mol. The number of aliphatic imine (C=N–C) groups is 1. The number of nitrogens with zero attached hydrogens (tertiary/aromatic N) is 1.